The van der Waals surface area contributed by atoms with Crippen molar-refractivity contribution in [2.45, 2.75) is 46.5 Å². The van der Waals surface area contributed by atoms with Gasteiger partial charge in [-0.15, -0.1) is 0 Å². The summed E-state index contributed by atoms with van der Waals surface area (Å²) in [5.41, 5.74) is 4.91. The zero-order chi connectivity index (χ0) is 22.7. The maximum absolute atomic E-state index is 13.0. The molecule has 0 N–H and O–H groups in total. The number of hydrogen-bond acceptors (Lipinski definition) is 4. The topological polar surface area (TPSA) is 53.0 Å². The molecule has 2 aliphatic rings. The van der Waals surface area contributed by atoms with Gasteiger partial charge < -0.3 is 4.90 Å². The number of nitrogens with zero attached hydrogens (tertiary/aromatic N) is 3. The second-order valence-electron chi connectivity index (χ2n) is 9.48. The molecule has 5 heteroatoms. The molecule has 0 atom stereocenters. The van der Waals surface area contributed by atoms with Crippen molar-refractivity contribution in [3.63, 3.8) is 0 Å². The molecule has 0 spiro atoms. The van der Waals surface area contributed by atoms with Gasteiger partial charge >= 0.3 is 0 Å². The quantitative estimate of drug-likeness (QED) is 0.590. The van der Waals surface area contributed by atoms with Gasteiger partial charge in [0.1, 0.15) is 0 Å². The van der Waals surface area contributed by atoms with Crippen LogP contribution in [0.2, 0.25) is 0 Å². The van der Waals surface area contributed by atoms with E-state index in [-0.39, 0.29) is 17.6 Å². The minimum absolute atomic E-state index is 0.00589. The number of carbonyl (C=O) groups excluding carboxylic acids is 2. The third kappa shape index (κ3) is 5.09. The number of hydrogen-bond donors (Lipinski definition) is 0. The van der Waals surface area contributed by atoms with Gasteiger partial charge in [0, 0.05) is 48.8 Å². The molecule has 0 radical (unpaired) electrons. The van der Waals surface area contributed by atoms with Crippen LogP contribution in [0.4, 0.5) is 5.69 Å². The fourth-order valence-electron chi connectivity index (χ4n) is 4.58. The number of hydrazone groups is 1. The second-order valence-corrected chi connectivity index (χ2v) is 9.48. The number of ketones is 1. The highest BCUT2D eigenvalue weighted by atomic mass is 16.2. The number of piperidine rings is 1. The zero-order valence-corrected chi connectivity index (χ0v) is 19.4. The van der Waals surface area contributed by atoms with E-state index >= 15 is 0 Å². The summed E-state index contributed by atoms with van der Waals surface area (Å²) >= 11 is 0. The van der Waals surface area contributed by atoms with E-state index < -0.39 is 0 Å². The lowest BCUT2D eigenvalue weighted by Gasteiger charge is -2.31. The van der Waals surface area contributed by atoms with Gasteiger partial charge in [-0.25, -0.2) is 0 Å². The first-order chi connectivity index (χ1) is 15.4. The molecule has 0 unspecified atom stereocenters. The van der Waals surface area contributed by atoms with Crippen LogP contribution in [0.5, 0.6) is 0 Å². The summed E-state index contributed by atoms with van der Waals surface area (Å²) in [7, 11) is 0. The van der Waals surface area contributed by atoms with Crippen LogP contribution in [-0.2, 0) is 6.42 Å². The predicted octanol–water partition coefficient (Wildman–Crippen LogP) is 5.21. The Morgan fingerprint density at radius 3 is 2.12 bits per heavy atom. The number of amides is 1. The fourth-order valence-corrected chi connectivity index (χ4v) is 4.58. The Morgan fingerprint density at radius 2 is 1.56 bits per heavy atom. The van der Waals surface area contributed by atoms with Crippen molar-refractivity contribution in [1.29, 1.82) is 0 Å². The van der Waals surface area contributed by atoms with Crippen LogP contribution in [0.25, 0.3) is 0 Å². The third-order valence-electron chi connectivity index (χ3n) is 6.42. The molecule has 2 heterocycles. The van der Waals surface area contributed by atoms with Gasteiger partial charge in [-0.3, -0.25) is 14.6 Å². The Kier molecular flexibility index (Phi) is 6.73. The summed E-state index contributed by atoms with van der Waals surface area (Å²) in [6.45, 7) is 8.57. The summed E-state index contributed by atoms with van der Waals surface area (Å²) in [5.74, 6) is 0.849. The lowest BCUT2D eigenvalue weighted by Crippen LogP contribution is -2.40. The minimum atomic E-state index is -0.00589. The van der Waals surface area contributed by atoms with Gasteiger partial charge in [-0.1, -0.05) is 38.1 Å². The Labute approximate surface area is 191 Å². The van der Waals surface area contributed by atoms with Gasteiger partial charge in [-0.05, 0) is 61.9 Å². The van der Waals surface area contributed by atoms with Gasteiger partial charge in [0.15, 0.2) is 5.78 Å². The number of Topliss-reactive ketones (excluding diaryl/α,β-unsaturated/α-hetero) is 1. The average Bonchev–Trinajstić information content (AvgIpc) is 3.25. The molecule has 168 valence electrons. The lowest BCUT2D eigenvalue weighted by molar-refractivity contribution is 0.0650. The maximum atomic E-state index is 13.0. The van der Waals surface area contributed by atoms with E-state index in [1.807, 2.05) is 53.2 Å². The maximum Gasteiger partial charge on any atom is 0.253 e. The van der Waals surface area contributed by atoms with Crippen LogP contribution in [-0.4, -0.2) is 41.9 Å². The highest BCUT2D eigenvalue weighted by Crippen LogP contribution is 2.25. The minimum Gasteiger partial charge on any atom is -0.339 e. The standard InChI is InChI=1S/C27H33N3O2/c1-19(2)18-21-4-6-22(7-5-21)26(31)23-13-15-29(16-14-23)27(32)24-8-10-25(11-9-24)30-17-12-20(3)28-30/h4-11,19,23H,12-18H2,1-3H3. The molecule has 5 nitrogen and oxygen atoms in total. The van der Waals surface area contributed by atoms with E-state index in [9.17, 15) is 9.59 Å². The Hall–Kier alpha value is -2.95. The molecule has 1 saturated heterocycles. The Balaban J connectivity index is 1.32. The van der Waals surface area contributed by atoms with Crippen molar-refractivity contribution in [1.82, 2.24) is 4.90 Å². The van der Waals surface area contributed by atoms with Crippen LogP contribution in [0.15, 0.2) is 53.6 Å². The van der Waals surface area contributed by atoms with Gasteiger partial charge in [-0.2, -0.15) is 5.10 Å². The van der Waals surface area contributed by atoms with Crippen molar-refractivity contribution in [2.24, 2.45) is 16.9 Å². The number of likely N-dealkylation sites (tertiary alicyclic amines) is 1. The van der Waals surface area contributed by atoms with E-state index in [2.05, 4.69) is 31.1 Å². The van der Waals surface area contributed by atoms with Gasteiger partial charge in [0.05, 0.1) is 5.69 Å². The predicted molar refractivity (Wildman–Crippen MR) is 129 cm³/mol. The first-order valence-corrected chi connectivity index (χ1v) is 11.7. The van der Waals surface area contributed by atoms with Crippen molar-refractivity contribution in [2.75, 3.05) is 24.6 Å². The average molecular weight is 432 g/mol. The molecule has 1 amide bonds. The molecule has 0 bridgehead atoms. The molecule has 0 aromatic heterocycles. The van der Waals surface area contributed by atoms with Crippen LogP contribution >= 0.6 is 0 Å². The molecule has 2 aliphatic heterocycles. The van der Waals surface area contributed by atoms with E-state index in [4.69, 9.17) is 0 Å². The Morgan fingerprint density at radius 1 is 0.938 bits per heavy atom. The summed E-state index contributed by atoms with van der Waals surface area (Å²) in [4.78, 5) is 27.8. The van der Waals surface area contributed by atoms with E-state index in [0.29, 0.717) is 24.6 Å². The highest BCUT2D eigenvalue weighted by Gasteiger charge is 2.28. The third-order valence-corrected chi connectivity index (χ3v) is 6.42. The first-order valence-electron chi connectivity index (χ1n) is 11.7. The largest absolute Gasteiger partial charge is 0.339 e. The highest BCUT2D eigenvalue weighted by molar-refractivity contribution is 5.98. The van der Waals surface area contributed by atoms with Crippen LogP contribution in [0, 0.1) is 11.8 Å². The molecule has 1 fully saturated rings. The molecule has 0 saturated carbocycles. The number of anilines is 1. The molecular formula is C27H33N3O2. The normalized spacial score (nSPS) is 17.1. The summed E-state index contributed by atoms with van der Waals surface area (Å²) in [6.07, 6.45) is 3.45. The summed E-state index contributed by atoms with van der Waals surface area (Å²) in [5, 5.41) is 6.49. The van der Waals surface area contributed by atoms with Crippen LogP contribution < -0.4 is 5.01 Å². The number of carbonyl (C=O) groups is 2. The zero-order valence-electron chi connectivity index (χ0n) is 19.4. The molecule has 2 aromatic carbocycles. The molecule has 4 rings (SSSR count). The fraction of sp³-hybridized carbons (Fsp3) is 0.444. The Bertz CT molecular complexity index is 985. The van der Waals surface area contributed by atoms with Gasteiger partial charge in [0.25, 0.3) is 5.91 Å². The van der Waals surface area contributed by atoms with Crippen molar-refractivity contribution >= 4 is 23.1 Å². The smallest absolute Gasteiger partial charge is 0.253 e. The lowest BCUT2D eigenvalue weighted by atomic mass is 9.88. The summed E-state index contributed by atoms with van der Waals surface area (Å²) < 4.78 is 0. The number of rotatable bonds is 6. The van der Waals surface area contributed by atoms with E-state index in [0.717, 1.165) is 49.2 Å². The summed E-state index contributed by atoms with van der Waals surface area (Å²) in [6, 6.07) is 15.8. The molecule has 32 heavy (non-hydrogen) atoms. The van der Waals surface area contributed by atoms with Crippen molar-refractivity contribution < 1.29 is 9.59 Å². The first kappa shape index (κ1) is 22.3. The van der Waals surface area contributed by atoms with Crippen molar-refractivity contribution in [3.05, 3.63) is 65.2 Å². The van der Waals surface area contributed by atoms with Crippen molar-refractivity contribution in [3.8, 4) is 0 Å². The van der Waals surface area contributed by atoms with Gasteiger partial charge in [0.2, 0.25) is 0 Å². The number of benzene rings is 2. The monoisotopic (exact) mass is 431 g/mol. The van der Waals surface area contributed by atoms with Crippen LogP contribution in [0.3, 0.4) is 0 Å². The molecule has 0 aliphatic carbocycles. The van der Waals surface area contributed by atoms with E-state index in [1.165, 1.54) is 5.56 Å². The second kappa shape index (κ2) is 9.68. The van der Waals surface area contributed by atoms with E-state index in [1.54, 1.807) is 0 Å². The van der Waals surface area contributed by atoms with Crippen LogP contribution in [0.1, 0.15) is 66.3 Å². The molecular weight excluding hydrogens is 398 g/mol. The molecule has 2 aromatic rings. The SMILES string of the molecule is CC1=NN(c2ccc(C(=O)N3CCC(C(=O)c4ccc(CC(C)C)cc4)CC3)cc2)CC1.